The van der Waals surface area contributed by atoms with E-state index < -0.39 is 0 Å². The molecule has 188 valence electrons. The second-order valence-electron chi connectivity index (χ2n) is 9.48. The first-order valence-electron chi connectivity index (χ1n) is 12.3. The summed E-state index contributed by atoms with van der Waals surface area (Å²) in [5.74, 6) is 0.226. The van der Waals surface area contributed by atoms with Crippen molar-refractivity contribution in [2.75, 3.05) is 54.8 Å². The van der Waals surface area contributed by atoms with Crippen LogP contribution in [0.3, 0.4) is 0 Å². The number of aryl methyl sites for hydroxylation is 2. The molecule has 5 rings (SSSR count). The van der Waals surface area contributed by atoms with Gasteiger partial charge in [-0.25, -0.2) is 4.68 Å². The molecule has 0 atom stereocenters. The predicted molar refractivity (Wildman–Crippen MR) is 144 cm³/mol. The molecule has 0 aliphatic carbocycles. The number of aromatic nitrogens is 2. The molecule has 0 spiro atoms. The van der Waals surface area contributed by atoms with Crippen LogP contribution >= 0.6 is 0 Å². The molecule has 0 saturated carbocycles. The number of piperazine rings is 1. The molecule has 0 radical (unpaired) electrons. The Morgan fingerprint density at radius 2 is 1.60 bits per heavy atom. The van der Waals surface area contributed by atoms with E-state index in [0.29, 0.717) is 30.6 Å². The van der Waals surface area contributed by atoms with Crippen LogP contribution in [0.15, 0.2) is 41.2 Å². The Morgan fingerprint density at radius 3 is 2.26 bits per heavy atom. The summed E-state index contributed by atoms with van der Waals surface area (Å²) in [5.41, 5.74) is 11.6. The molecule has 8 heteroatoms. The number of amides is 1. The molecule has 3 aromatic rings. The summed E-state index contributed by atoms with van der Waals surface area (Å²) < 4.78 is 3.71. The van der Waals surface area contributed by atoms with Crippen LogP contribution in [-0.2, 0) is 18.4 Å². The molecule has 2 saturated heterocycles. The summed E-state index contributed by atoms with van der Waals surface area (Å²) in [6, 6.07) is 12.4. The van der Waals surface area contributed by atoms with Crippen LogP contribution in [0.2, 0.25) is 0 Å². The summed E-state index contributed by atoms with van der Waals surface area (Å²) >= 11 is 0. The molecule has 8 nitrogen and oxygen atoms in total. The average Bonchev–Trinajstić information content (AvgIpc) is 3.35. The zero-order valence-corrected chi connectivity index (χ0v) is 20.2. The zero-order chi connectivity index (χ0) is 23.8. The number of hydrogen-bond donors (Lipinski definition) is 1. The van der Waals surface area contributed by atoms with Crippen molar-refractivity contribution in [1.29, 1.82) is 0 Å². The summed E-state index contributed by atoms with van der Waals surface area (Å²) in [5, 5.41) is 0.652. The minimum absolute atomic E-state index is 0. The van der Waals surface area contributed by atoms with Crippen LogP contribution in [0.1, 0.15) is 32.3 Å². The van der Waals surface area contributed by atoms with Crippen molar-refractivity contribution in [3.8, 4) is 0 Å². The number of rotatable bonds is 6. The van der Waals surface area contributed by atoms with Gasteiger partial charge in [0, 0.05) is 65.0 Å². The van der Waals surface area contributed by atoms with Crippen LogP contribution in [0.5, 0.6) is 0 Å². The third-order valence-corrected chi connectivity index (χ3v) is 7.37. The van der Waals surface area contributed by atoms with Crippen LogP contribution in [0, 0.1) is 6.92 Å². The Balaban J connectivity index is 0.00000289. The van der Waals surface area contributed by atoms with E-state index in [4.69, 9.17) is 5.73 Å². The van der Waals surface area contributed by atoms with Gasteiger partial charge in [-0.05, 0) is 43.5 Å². The van der Waals surface area contributed by atoms with Crippen molar-refractivity contribution in [2.45, 2.75) is 40.2 Å². The Morgan fingerprint density at radius 1 is 0.914 bits per heavy atom. The van der Waals surface area contributed by atoms with Gasteiger partial charge in [-0.1, -0.05) is 25.6 Å². The van der Waals surface area contributed by atoms with Gasteiger partial charge in [0.15, 0.2) is 0 Å². The third-order valence-electron chi connectivity index (χ3n) is 7.37. The van der Waals surface area contributed by atoms with E-state index in [0.717, 1.165) is 56.8 Å². The number of nitrogens with two attached hydrogens (primary N) is 1. The molecule has 35 heavy (non-hydrogen) atoms. The maximum Gasteiger partial charge on any atom is 0.274 e. The van der Waals surface area contributed by atoms with Crippen molar-refractivity contribution in [3.63, 3.8) is 0 Å². The molecule has 2 aromatic carbocycles. The van der Waals surface area contributed by atoms with Gasteiger partial charge >= 0.3 is 0 Å². The van der Waals surface area contributed by atoms with Gasteiger partial charge < -0.3 is 20.4 Å². The molecule has 2 N–H and O–H groups in total. The van der Waals surface area contributed by atoms with E-state index in [-0.39, 0.29) is 18.9 Å². The number of nitrogens with zero attached hydrogens (tertiary/aromatic N) is 5. The fourth-order valence-electron chi connectivity index (χ4n) is 5.42. The van der Waals surface area contributed by atoms with Gasteiger partial charge in [0.1, 0.15) is 0 Å². The van der Waals surface area contributed by atoms with E-state index in [1.807, 2.05) is 22.7 Å². The summed E-state index contributed by atoms with van der Waals surface area (Å²) in [4.78, 5) is 31.6. The van der Waals surface area contributed by atoms with Crippen LogP contribution in [0.25, 0.3) is 10.9 Å². The standard InChI is InChI=1S/C26H34N6O2.CH4/c1-19-7-3-4-8-22(19)29-13-15-30(16-14-29)24-18-23-20(17-21(24)27)26(34)32(28(23)2)12-6-11-31-10-5-9-25(31)33;/h3-4,7-8,17-18H,5-6,9-16,27H2,1-2H3;1H4. The summed E-state index contributed by atoms with van der Waals surface area (Å²) in [6.45, 7) is 7.88. The maximum absolute atomic E-state index is 13.1. The first kappa shape index (κ1) is 24.7. The van der Waals surface area contributed by atoms with E-state index >= 15 is 0 Å². The molecule has 0 bridgehead atoms. The lowest BCUT2D eigenvalue weighted by molar-refractivity contribution is -0.127. The van der Waals surface area contributed by atoms with E-state index in [9.17, 15) is 9.59 Å². The fraction of sp³-hybridized carbons (Fsp3) is 0.481. The number of carbonyl (C=O) groups excluding carboxylic acids is 1. The first-order valence-corrected chi connectivity index (χ1v) is 12.3. The number of carbonyl (C=O) groups is 1. The molecule has 1 amide bonds. The van der Waals surface area contributed by atoms with Crippen molar-refractivity contribution in [3.05, 3.63) is 52.3 Å². The Bertz CT molecular complexity index is 1270. The SMILES string of the molecule is C.Cc1ccccc1N1CCN(c2cc3c(cc2N)c(=O)n(CCCN2CCCC2=O)n3C)CC1. The fourth-order valence-corrected chi connectivity index (χ4v) is 5.42. The maximum atomic E-state index is 13.1. The second kappa shape index (κ2) is 10.1. The van der Waals surface area contributed by atoms with Crippen molar-refractivity contribution in [1.82, 2.24) is 14.3 Å². The minimum Gasteiger partial charge on any atom is -0.397 e. The van der Waals surface area contributed by atoms with E-state index in [2.05, 4.69) is 47.1 Å². The first-order chi connectivity index (χ1) is 16.4. The molecular formula is C27H38N6O2. The molecule has 2 aliphatic rings. The van der Waals surface area contributed by atoms with Gasteiger partial charge in [0.25, 0.3) is 5.56 Å². The molecule has 1 aromatic heterocycles. The summed E-state index contributed by atoms with van der Waals surface area (Å²) in [6.07, 6.45) is 2.35. The van der Waals surface area contributed by atoms with Crippen molar-refractivity contribution >= 4 is 33.9 Å². The molecular weight excluding hydrogens is 440 g/mol. The highest BCUT2D eigenvalue weighted by Crippen LogP contribution is 2.30. The molecule has 2 aliphatic heterocycles. The lowest BCUT2D eigenvalue weighted by Gasteiger charge is -2.38. The number of benzene rings is 2. The lowest BCUT2D eigenvalue weighted by Crippen LogP contribution is -2.47. The van der Waals surface area contributed by atoms with Crippen molar-refractivity contribution in [2.24, 2.45) is 7.05 Å². The highest BCUT2D eigenvalue weighted by Gasteiger charge is 2.23. The Labute approximate surface area is 207 Å². The van der Waals surface area contributed by atoms with Crippen LogP contribution in [-0.4, -0.2) is 59.4 Å². The van der Waals surface area contributed by atoms with Crippen molar-refractivity contribution < 1.29 is 4.79 Å². The van der Waals surface area contributed by atoms with E-state index in [1.54, 1.807) is 4.68 Å². The largest absolute Gasteiger partial charge is 0.397 e. The predicted octanol–water partition coefficient (Wildman–Crippen LogP) is 3.21. The molecule has 3 heterocycles. The van der Waals surface area contributed by atoms with Gasteiger partial charge in [-0.15, -0.1) is 0 Å². The van der Waals surface area contributed by atoms with Gasteiger partial charge in [-0.3, -0.25) is 14.3 Å². The van der Waals surface area contributed by atoms with Gasteiger partial charge in [0.2, 0.25) is 5.91 Å². The number of hydrogen-bond acceptors (Lipinski definition) is 5. The number of nitrogen functional groups attached to an aromatic ring is 1. The Kier molecular flexibility index (Phi) is 7.10. The lowest BCUT2D eigenvalue weighted by atomic mass is 10.1. The highest BCUT2D eigenvalue weighted by molar-refractivity contribution is 5.89. The van der Waals surface area contributed by atoms with Crippen LogP contribution in [0.4, 0.5) is 17.1 Å². The normalized spacial score (nSPS) is 16.3. The van der Waals surface area contributed by atoms with Crippen LogP contribution < -0.4 is 21.1 Å². The topological polar surface area (TPSA) is 79.7 Å². The highest BCUT2D eigenvalue weighted by atomic mass is 16.2. The van der Waals surface area contributed by atoms with E-state index in [1.165, 1.54) is 11.3 Å². The molecule has 0 unspecified atom stereocenters. The minimum atomic E-state index is -0.0205. The smallest absolute Gasteiger partial charge is 0.274 e. The quantitative estimate of drug-likeness (QED) is 0.551. The van der Waals surface area contributed by atoms with Gasteiger partial charge in [0.05, 0.1) is 22.3 Å². The third kappa shape index (κ3) is 4.61. The average molecular weight is 479 g/mol. The zero-order valence-electron chi connectivity index (χ0n) is 20.2. The number of fused-ring (bicyclic) bond motifs is 1. The number of likely N-dealkylation sites (tertiary alicyclic amines) is 1. The number of para-hydroxylation sites is 1. The van der Waals surface area contributed by atoms with Gasteiger partial charge in [-0.2, -0.15) is 0 Å². The molecule has 2 fully saturated rings. The summed E-state index contributed by atoms with van der Waals surface area (Å²) in [7, 11) is 1.93. The number of anilines is 3. The monoisotopic (exact) mass is 478 g/mol. The Hall–Kier alpha value is -3.42. The second-order valence-corrected chi connectivity index (χ2v) is 9.48.